The molecule has 0 spiro atoms. The van der Waals surface area contributed by atoms with Crippen molar-refractivity contribution in [3.05, 3.63) is 74.2 Å². The van der Waals surface area contributed by atoms with Crippen molar-refractivity contribution in [2.75, 3.05) is 0 Å². The van der Waals surface area contributed by atoms with E-state index in [1.807, 2.05) is 12.1 Å². The molecule has 112 valence electrons. The van der Waals surface area contributed by atoms with E-state index in [2.05, 4.69) is 26.5 Å². The quantitative estimate of drug-likeness (QED) is 0.369. The summed E-state index contributed by atoms with van der Waals surface area (Å²) in [4.78, 5) is 10.8. The third-order valence-electron chi connectivity index (χ3n) is 2.73. The molecule has 22 heavy (non-hydrogen) atoms. The van der Waals surface area contributed by atoms with Crippen molar-refractivity contribution < 1.29 is 4.92 Å². The predicted octanol–water partition coefficient (Wildman–Crippen LogP) is 2.94. The summed E-state index contributed by atoms with van der Waals surface area (Å²) in [5.74, 6) is 0. The summed E-state index contributed by atoms with van der Waals surface area (Å²) in [5.41, 5.74) is 9.27. The molecule has 0 radical (unpaired) electrons. The van der Waals surface area contributed by atoms with Crippen LogP contribution in [-0.2, 0) is 0 Å². The van der Waals surface area contributed by atoms with Crippen LogP contribution < -0.4 is 11.2 Å². The molecule has 2 aromatic rings. The Balaban J connectivity index is 2.62. The summed E-state index contributed by atoms with van der Waals surface area (Å²) in [5, 5.41) is 15.3. The summed E-state index contributed by atoms with van der Waals surface area (Å²) in [6.07, 6.45) is 0. The molecule has 0 unspecified atom stereocenters. The highest BCUT2D eigenvalue weighted by Crippen LogP contribution is 2.23. The van der Waals surface area contributed by atoms with Gasteiger partial charge in [-0.05, 0) is 30.4 Å². The Morgan fingerprint density at radius 1 is 1.27 bits per heavy atom. The van der Waals surface area contributed by atoms with Crippen molar-refractivity contribution in [1.82, 2.24) is 5.43 Å². The third kappa shape index (κ3) is 3.86. The van der Waals surface area contributed by atoms with Gasteiger partial charge >= 0.3 is 0 Å². The lowest BCUT2D eigenvalue weighted by Crippen LogP contribution is -2.26. The van der Waals surface area contributed by atoms with Crippen LogP contribution in [-0.4, -0.2) is 15.7 Å². The van der Waals surface area contributed by atoms with Gasteiger partial charge in [0.1, 0.15) is 5.71 Å². The number of nitrogens with two attached hydrogens (primary N) is 1. The Labute approximate surface area is 140 Å². The molecule has 0 aliphatic carbocycles. The highest BCUT2D eigenvalue weighted by Gasteiger charge is 2.19. The molecule has 2 aromatic carbocycles. The van der Waals surface area contributed by atoms with Crippen LogP contribution in [0.1, 0.15) is 11.1 Å². The summed E-state index contributed by atoms with van der Waals surface area (Å²) in [6.45, 7) is 0. The van der Waals surface area contributed by atoms with E-state index in [1.165, 1.54) is 6.07 Å². The second kappa shape index (κ2) is 7.10. The zero-order valence-corrected chi connectivity index (χ0v) is 13.6. The molecule has 0 amide bonds. The van der Waals surface area contributed by atoms with Gasteiger partial charge in [-0.2, -0.15) is 5.10 Å². The van der Waals surface area contributed by atoms with Gasteiger partial charge in [0.15, 0.2) is 5.11 Å². The third-order valence-corrected chi connectivity index (χ3v) is 3.32. The lowest BCUT2D eigenvalue weighted by Gasteiger charge is -2.09. The van der Waals surface area contributed by atoms with Crippen LogP contribution in [0.15, 0.2) is 58.1 Å². The molecule has 0 bridgehead atoms. The molecule has 0 aliphatic heterocycles. The van der Waals surface area contributed by atoms with Gasteiger partial charge in [-0.3, -0.25) is 15.5 Å². The molecule has 0 saturated carbocycles. The Morgan fingerprint density at radius 3 is 2.64 bits per heavy atom. The Morgan fingerprint density at radius 2 is 2.00 bits per heavy atom. The Bertz CT molecular complexity index is 764. The second-order valence-corrected chi connectivity index (χ2v) is 5.58. The van der Waals surface area contributed by atoms with Crippen LogP contribution in [0.3, 0.4) is 0 Å². The monoisotopic (exact) mass is 378 g/mol. The molecule has 3 N–H and O–H groups in total. The highest BCUT2D eigenvalue weighted by molar-refractivity contribution is 9.10. The molecule has 2 rings (SSSR count). The first-order chi connectivity index (χ1) is 10.5. The van der Waals surface area contributed by atoms with Crippen LogP contribution in [0.4, 0.5) is 5.69 Å². The minimum atomic E-state index is -0.455. The van der Waals surface area contributed by atoms with Crippen LogP contribution >= 0.6 is 28.1 Å². The number of hydrogen-bond donors (Lipinski definition) is 2. The maximum absolute atomic E-state index is 11.2. The topological polar surface area (TPSA) is 93.5 Å². The zero-order valence-electron chi connectivity index (χ0n) is 11.2. The van der Waals surface area contributed by atoms with Crippen molar-refractivity contribution in [2.24, 2.45) is 10.8 Å². The van der Waals surface area contributed by atoms with Crippen molar-refractivity contribution >= 4 is 44.7 Å². The molecule has 0 aliphatic rings. The van der Waals surface area contributed by atoms with E-state index in [0.29, 0.717) is 16.8 Å². The number of hydrazone groups is 1. The molecule has 8 heteroatoms. The number of halogens is 1. The maximum Gasteiger partial charge on any atom is 0.278 e. The van der Waals surface area contributed by atoms with Gasteiger partial charge in [0.2, 0.25) is 0 Å². The molecular formula is C14H11BrN4O2S. The van der Waals surface area contributed by atoms with Gasteiger partial charge in [-0.15, -0.1) is 0 Å². The maximum atomic E-state index is 11.2. The van der Waals surface area contributed by atoms with Gasteiger partial charge in [0.25, 0.3) is 5.69 Å². The average molecular weight is 379 g/mol. The van der Waals surface area contributed by atoms with Gasteiger partial charge in [-0.25, -0.2) is 0 Å². The fourth-order valence-electron chi connectivity index (χ4n) is 1.86. The average Bonchev–Trinajstić information content (AvgIpc) is 2.47. The van der Waals surface area contributed by atoms with Crippen LogP contribution in [0.2, 0.25) is 0 Å². The number of nitrogens with one attached hydrogen (secondary N) is 1. The largest absolute Gasteiger partial charge is 0.375 e. The van der Waals surface area contributed by atoms with Crippen molar-refractivity contribution in [1.29, 1.82) is 0 Å². The Hall–Kier alpha value is -2.32. The number of rotatable bonds is 4. The Kier molecular flexibility index (Phi) is 5.18. The standard InChI is InChI=1S/C14H11BrN4O2S/c15-10-5-3-4-9(8-10)13(17-18-14(16)22)11-6-1-2-7-12(11)19(20)21/h1-8H,(H3,16,18,22)/b17-13+. The van der Waals surface area contributed by atoms with Gasteiger partial charge < -0.3 is 5.73 Å². The number of nitro benzene ring substituents is 1. The van der Waals surface area contributed by atoms with E-state index in [4.69, 9.17) is 18.0 Å². The molecule has 0 fully saturated rings. The summed E-state index contributed by atoms with van der Waals surface area (Å²) >= 11 is 8.11. The molecule has 0 atom stereocenters. The van der Waals surface area contributed by atoms with Gasteiger partial charge in [0.05, 0.1) is 10.5 Å². The van der Waals surface area contributed by atoms with E-state index in [9.17, 15) is 10.1 Å². The SMILES string of the molecule is NC(=S)N/N=C(\c1cccc(Br)c1)c1ccccc1[N+](=O)[O-]. The van der Waals surface area contributed by atoms with Crippen LogP contribution in [0, 0.1) is 10.1 Å². The first-order valence-electron chi connectivity index (χ1n) is 6.12. The molecule has 0 aromatic heterocycles. The van der Waals surface area contributed by atoms with Crippen LogP contribution in [0.5, 0.6) is 0 Å². The van der Waals surface area contributed by atoms with Crippen molar-refractivity contribution in [3.63, 3.8) is 0 Å². The van der Waals surface area contributed by atoms with E-state index in [-0.39, 0.29) is 10.8 Å². The van der Waals surface area contributed by atoms with Gasteiger partial charge in [0, 0.05) is 16.1 Å². The summed E-state index contributed by atoms with van der Waals surface area (Å²) < 4.78 is 0.826. The van der Waals surface area contributed by atoms with Crippen LogP contribution in [0.25, 0.3) is 0 Å². The number of thiocarbonyl (C=S) groups is 1. The number of nitro groups is 1. The first kappa shape index (κ1) is 16.1. The zero-order chi connectivity index (χ0) is 16.1. The minimum absolute atomic E-state index is 0.0221. The van der Waals surface area contributed by atoms with Crippen molar-refractivity contribution in [2.45, 2.75) is 0 Å². The first-order valence-corrected chi connectivity index (χ1v) is 7.32. The molecule has 0 saturated heterocycles. The fourth-order valence-corrected chi connectivity index (χ4v) is 2.31. The minimum Gasteiger partial charge on any atom is -0.375 e. The van der Waals surface area contributed by atoms with Crippen molar-refractivity contribution in [3.8, 4) is 0 Å². The summed E-state index contributed by atoms with van der Waals surface area (Å²) in [7, 11) is 0. The summed E-state index contributed by atoms with van der Waals surface area (Å²) in [6, 6.07) is 13.6. The second-order valence-electron chi connectivity index (χ2n) is 4.22. The van der Waals surface area contributed by atoms with E-state index >= 15 is 0 Å². The predicted molar refractivity (Wildman–Crippen MR) is 92.8 cm³/mol. The van der Waals surface area contributed by atoms with E-state index in [0.717, 1.165) is 4.47 Å². The van der Waals surface area contributed by atoms with Gasteiger partial charge in [-0.1, -0.05) is 40.2 Å². The molecule has 0 heterocycles. The smallest absolute Gasteiger partial charge is 0.278 e. The number of hydrogen-bond acceptors (Lipinski definition) is 4. The number of para-hydroxylation sites is 1. The van der Waals surface area contributed by atoms with E-state index in [1.54, 1.807) is 30.3 Å². The highest BCUT2D eigenvalue weighted by atomic mass is 79.9. The normalized spacial score (nSPS) is 11.0. The lowest BCUT2D eigenvalue weighted by atomic mass is 10.0. The number of benzene rings is 2. The lowest BCUT2D eigenvalue weighted by molar-refractivity contribution is -0.385. The molecular weight excluding hydrogens is 368 g/mol. The van der Waals surface area contributed by atoms with E-state index < -0.39 is 4.92 Å². The number of nitrogens with zero attached hydrogens (tertiary/aromatic N) is 2. The molecule has 6 nitrogen and oxygen atoms in total. The fraction of sp³-hybridized carbons (Fsp3) is 0.